The highest BCUT2D eigenvalue weighted by molar-refractivity contribution is 7.09. The van der Waals surface area contributed by atoms with Crippen LogP contribution in [0.4, 0.5) is 4.79 Å². The van der Waals surface area contributed by atoms with Crippen LogP contribution in [0.25, 0.3) is 0 Å². The molecule has 0 saturated heterocycles. The maximum atomic E-state index is 11.4. The van der Waals surface area contributed by atoms with Crippen LogP contribution in [-0.2, 0) is 6.42 Å². The average molecular weight is 240 g/mol. The van der Waals surface area contributed by atoms with Gasteiger partial charge in [-0.15, -0.1) is 11.3 Å². The standard InChI is InChI=1S/C12H20N2OS/c1-3-4-7-13-12(15)14-10(2)9-11-6-5-8-16-11/h5-6,8,10H,3-4,7,9H2,1-2H3,(H2,13,14,15). The van der Waals surface area contributed by atoms with Crippen molar-refractivity contribution in [2.75, 3.05) is 6.54 Å². The van der Waals surface area contributed by atoms with E-state index in [2.05, 4.69) is 29.0 Å². The molecule has 1 aromatic heterocycles. The van der Waals surface area contributed by atoms with E-state index in [4.69, 9.17) is 0 Å². The molecule has 0 radical (unpaired) electrons. The number of amides is 2. The average Bonchev–Trinajstić information content (AvgIpc) is 2.70. The molecule has 0 aromatic carbocycles. The number of carbonyl (C=O) groups excluding carboxylic acids is 1. The van der Waals surface area contributed by atoms with Crippen molar-refractivity contribution in [2.24, 2.45) is 0 Å². The van der Waals surface area contributed by atoms with Crippen molar-refractivity contribution in [1.29, 1.82) is 0 Å². The molecule has 0 bridgehead atoms. The van der Waals surface area contributed by atoms with Crippen molar-refractivity contribution < 1.29 is 4.79 Å². The first kappa shape index (κ1) is 13.0. The van der Waals surface area contributed by atoms with Gasteiger partial charge in [-0.05, 0) is 24.8 Å². The third-order valence-electron chi connectivity index (χ3n) is 2.28. The molecule has 0 aliphatic carbocycles. The van der Waals surface area contributed by atoms with E-state index in [-0.39, 0.29) is 12.1 Å². The van der Waals surface area contributed by atoms with E-state index >= 15 is 0 Å². The summed E-state index contributed by atoms with van der Waals surface area (Å²) in [5.41, 5.74) is 0. The molecule has 1 rings (SSSR count). The lowest BCUT2D eigenvalue weighted by Gasteiger charge is -2.13. The molecule has 1 aromatic rings. The number of hydrogen-bond donors (Lipinski definition) is 2. The maximum Gasteiger partial charge on any atom is 0.315 e. The second kappa shape index (κ2) is 7.28. The molecule has 0 saturated carbocycles. The molecule has 2 N–H and O–H groups in total. The minimum atomic E-state index is -0.0579. The van der Waals surface area contributed by atoms with Crippen LogP contribution in [-0.4, -0.2) is 18.6 Å². The molecule has 3 nitrogen and oxygen atoms in total. The second-order valence-electron chi connectivity index (χ2n) is 3.94. The van der Waals surface area contributed by atoms with E-state index in [1.807, 2.05) is 13.0 Å². The van der Waals surface area contributed by atoms with Gasteiger partial charge in [-0.1, -0.05) is 19.4 Å². The summed E-state index contributed by atoms with van der Waals surface area (Å²) in [6.45, 7) is 4.90. The van der Waals surface area contributed by atoms with Gasteiger partial charge in [0.2, 0.25) is 0 Å². The smallest absolute Gasteiger partial charge is 0.315 e. The summed E-state index contributed by atoms with van der Waals surface area (Å²) in [4.78, 5) is 12.7. The predicted molar refractivity (Wildman–Crippen MR) is 68.9 cm³/mol. The number of carbonyl (C=O) groups is 1. The van der Waals surface area contributed by atoms with Gasteiger partial charge in [0.1, 0.15) is 0 Å². The van der Waals surface area contributed by atoms with Crippen LogP contribution in [0.1, 0.15) is 31.6 Å². The molecular formula is C12H20N2OS. The Morgan fingerprint density at radius 1 is 1.56 bits per heavy atom. The Labute approximate surface area is 101 Å². The first-order chi connectivity index (χ1) is 7.72. The molecule has 16 heavy (non-hydrogen) atoms. The lowest BCUT2D eigenvalue weighted by molar-refractivity contribution is 0.237. The lowest BCUT2D eigenvalue weighted by Crippen LogP contribution is -2.41. The Balaban J connectivity index is 2.18. The van der Waals surface area contributed by atoms with Gasteiger partial charge in [0.25, 0.3) is 0 Å². The van der Waals surface area contributed by atoms with Crippen LogP contribution in [0.5, 0.6) is 0 Å². The minimum absolute atomic E-state index is 0.0579. The normalized spacial score (nSPS) is 12.1. The summed E-state index contributed by atoms with van der Waals surface area (Å²) >= 11 is 1.73. The molecule has 4 heteroatoms. The first-order valence-corrected chi connectivity index (χ1v) is 6.67. The molecule has 1 heterocycles. The minimum Gasteiger partial charge on any atom is -0.338 e. The van der Waals surface area contributed by atoms with Gasteiger partial charge in [0, 0.05) is 23.9 Å². The molecule has 0 spiro atoms. The van der Waals surface area contributed by atoms with E-state index in [1.54, 1.807) is 11.3 Å². The Kier molecular flexibility index (Phi) is 5.93. The van der Waals surface area contributed by atoms with E-state index in [9.17, 15) is 4.79 Å². The van der Waals surface area contributed by atoms with Crippen LogP contribution in [0, 0.1) is 0 Å². The summed E-state index contributed by atoms with van der Waals surface area (Å²) in [6.07, 6.45) is 3.04. The molecule has 1 atom stereocenters. The molecule has 1 unspecified atom stereocenters. The third kappa shape index (κ3) is 5.16. The summed E-state index contributed by atoms with van der Waals surface area (Å²) < 4.78 is 0. The van der Waals surface area contributed by atoms with Crippen LogP contribution in [0.15, 0.2) is 17.5 Å². The van der Waals surface area contributed by atoms with Crippen molar-refractivity contribution in [1.82, 2.24) is 10.6 Å². The van der Waals surface area contributed by atoms with Crippen molar-refractivity contribution in [3.63, 3.8) is 0 Å². The largest absolute Gasteiger partial charge is 0.338 e. The SMILES string of the molecule is CCCCNC(=O)NC(C)Cc1cccs1. The van der Waals surface area contributed by atoms with Gasteiger partial charge in [0.05, 0.1) is 0 Å². The fourth-order valence-electron chi connectivity index (χ4n) is 1.44. The highest BCUT2D eigenvalue weighted by Gasteiger charge is 2.07. The number of unbranched alkanes of at least 4 members (excludes halogenated alkanes) is 1. The van der Waals surface area contributed by atoms with Crippen molar-refractivity contribution >= 4 is 17.4 Å². The van der Waals surface area contributed by atoms with Crippen LogP contribution in [0.3, 0.4) is 0 Å². The van der Waals surface area contributed by atoms with Gasteiger partial charge >= 0.3 is 6.03 Å². The predicted octanol–water partition coefficient (Wildman–Crippen LogP) is 2.78. The van der Waals surface area contributed by atoms with Crippen LogP contribution < -0.4 is 10.6 Å². The molecule has 90 valence electrons. The first-order valence-electron chi connectivity index (χ1n) is 5.79. The van der Waals surface area contributed by atoms with Gasteiger partial charge in [0.15, 0.2) is 0 Å². The fraction of sp³-hybridized carbons (Fsp3) is 0.583. The topological polar surface area (TPSA) is 41.1 Å². The number of thiophene rings is 1. The van der Waals surface area contributed by atoms with Crippen molar-refractivity contribution in [2.45, 2.75) is 39.2 Å². The Hall–Kier alpha value is -1.03. The number of rotatable bonds is 6. The monoisotopic (exact) mass is 240 g/mol. The maximum absolute atomic E-state index is 11.4. The molecule has 0 aliphatic heterocycles. The number of nitrogens with one attached hydrogen (secondary N) is 2. The van der Waals surface area contributed by atoms with Gasteiger partial charge in [-0.3, -0.25) is 0 Å². The summed E-state index contributed by atoms with van der Waals surface area (Å²) in [5.74, 6) is 0. The summed E-state index contributed by atoms with van der Waals surface area (Å²) in [7, 11) is 0. The zero-order valence-electron chi connectivity index (χ0n) is 9.95. The molecule has 0 aliphatic rings. The van der Waals surface area contributed by atoms with Gasteiger partial charge in [-0.25, -0.2) is 4.79 Å². The zero-order chi connectivity index (χ0) is 11.8. The van der Waals surface area contributed by atoms with Crippen molar-refractivity contribution in [3.8, 4) is 0 Å². The van der Waals surface area contributed by atoms with E-state index < -0.39 is 0 Å². The number of hydrogen-bond acceptors (Lipinski definition) is 2. The van der Waals surface area contributed by atoms with E-state index in [1.165, 1.54) is 4.88 Å². The Morgan fingerprint density at radius 3 is 3.00 bits per heavy atom. The molecular weight excluding hydrogens is 220 g/mol. The van der Waals surface area contributed by atoms with Crippen molar-refractivity contribution in [3.05, 3.63) is 22.4 Å². The summed E-state index contributed by atoms with van der Waals surface area (Å²) in [6, 6.07) is 4.25. The highest BCUT2D eigenvalue weighted by atomic mass is 32.1. The molecule has 2 amide bonds. The van der Waals surface area contributed by atoms with E-state index in [0.717, 1.165) is 25.8 Å². The number of urea groups is 1. The second-order valence-corrected chi connectivity index (χ2v) is 4.97. The van der Waals surface area contributed by atoms with Crippen LogP contribution in [0.2, 0.25) is 0 Å². The molecule has 0 fully saturated rings. The van der Waals surface area contributed by atoms with E-state index in [0.29, 0.717) is 0 Å². The Bertz CT molecular complexity index is 298. The Morgan fingerprint density at radius 2 is 2.38 bits per heavy atom. The van der Waals surface area contributed by atoms with Gasteiger partial charge < -0.3 is 10.6 Å². The summed E-state index contributed by atoms with van der Waals surface area (Å²) in [5, 5.41) is 7.84. The third-order valence-corrected chi connectivity index (χ3v) is 3.18. The van der Waals surface area contributed by atoms with Crippen LogP contribution >= 0.6 is 11.3 Å². The lowest BCUT2D eigenvalue weighted by atomic mass is 10.2. The highest BCUT2D eigenvalue weighted by Crippen LogP contribution is 2.10. The fourth-order valence-corrected chi connectivity index (χ4v) is 2.27. The van der Waals surface area contributed by atoms with Gasteiger partial charge in [-0.2, -0.15) is 0 Å². The quantitative estimate of drug-likeness (QED) is 0.738. The zero-order valence-corrected chi connectivity index (χ0v) is 10.8.